The van der Waals surface area contributed by atoms with Crippen LogP contribution in [0.25, 0.3) is 0 Å². The van der Waals surface area contributed by atoms with Crippen molar-refractivity contribution in [3.63, 3.8) is 0 Å². The third-order valence-corrected chi connectivity index (χ3v) is 9.15. The van der Waals surface area contributed by atoms with E-state index in [1.54, 1.807) is 0 Å². The largest absolute Gasteiger partial charge is 0.369 e. The van der Waals surface area contributed by atoms with Crippen molar-refractivity contribution in [2.75, 3.05) is 12.8 Å². The molecule has 1 aromatic rings. The first kappa shape index (κ1) is 26.5. The topological polar surface area (TPSA) is 99.3 Å². The zero-order valence-electron chi connectivity index (χ0n) is 20.7. The van der Waals surface area contributed by atoms with Gasteiger partial charge >= 0.3 is 0 Å². The minimum atomic E-state index is -3.03. The number of rotatable bonds is 7. The minimum Gasteiger partial charge on any atom is -0.369 e. The van der Waals surface area contributed by atoms with Crippen LogP contribution in [0.15, 0.2) is 33.2 Å². The van der Waals surface area contributed by atoms with Gasteiger partial charge < -0.3 is 15.2 Å². The monoisotopic (exact) mass is 509 g/mol. The van der Waals surface area contributed by atoms with Crippen LogP contribution in [0.4, 0.5) is 0 Å². The van der Waals surface area contributed by atoms with Crippen LogP contribution in [0.1, 0.15) is 62.8 Å². The number of nitrogens with one attached hydrogen (secondary N) is 2. The Hall–Kier alpha value is -2.06. The van der Waals surface area contributed by atoms with Gasteiger partial charge in [0.2, 0.25) is 5.91 Å². The number of carbonyl (C=O) groups excluding carboxylic acids is 1. The van der Waals surface area contributed by atoms with Crippen molar-refractivity contribution in [2.24, 2.45) is 5.92 Å². The maximum Gasteiger partial charge on any atom is 0.253 e. The maximum atomic E-state index is 13.2. The van der Waals surface area contributed by atoms with E-state index in [1.165, 1.54) is 6.26 Å². The van der Waals surface area contributed by atoms with E-state index in [-0.39, 0.29) is 29.3 Å². The lowest BCUT2D eigenvalue weighted by Crippen LogP contribution is -2.42. The molecule has 0 spiro atoms. The number of aromatic nitrogens is 1. The highest BCUT2D eigenvalue weighted by Crippen LogP contribution is 2.36. The third kappa shape index (κ3) is 5.95. The molecule has 0 radical (unpaired) electrons. The lowest BCUT2D eigenvalue weighted by Gasteiger charge is -2.40. The number of allylic oxidation sites excluding steroid dienone is 2. The molecule has 3 rings (SSSR count). The highest BCUT2D eigenvalue weighted by molar-refractivity contribution is 7.91. The molecule has 0 bridgehead atoms. The molecule has 1 atom stereocenters. The van der Waals surface area contributed by atoms with Crippen molar-refractivity contribution in [1.82, 2.24) is 15.2 Å². The molecule has 1 saturated carbocycles. The van der Waals surface area contributed by atoms with E-state index in [0.717, 1.165) is 41.9 Å². The molecule has 2 aliphatic rings. The molecular formula is C25H36ClN3O4S. The molecule has 1 aromatic heterocycles. The van der Waals surface area contributed by atoms with Gasteiger partial charge in [-0.05, 0) is 83.1 Å². The highest BCUT2D eigenvalue weighted by Gasteiger charge is 2.34. The third-order valence-electron chi connectivity index (χ3n) is 7.21. The predicted molar refractivity (Wildman–Crippen MR) is 136 cm³/mol. The van der Waals surface area contributed by atoms with Crippen LogP contribution < -0.4 is 10.9 Å². The molecule has 0 aromatic carbocycles. The minimum absolute atomic E-state index is 0.155. The normalized spacial score (nSPS) is 23.5. The molecule has 1 unspecified atom stereocenters. The fourth-order valence-corrected chi connectivity index (χ4v) is 6.64. The number of sulfone groups is 1. The van der Waals surface area contributed by atoms with Crippen LogP contribution in [0.2, 0.25) is 0 Å². The summed E-state index contributed by atoms with van der Waals surface area (Å²) in [6.07, 6.45) is 6.57. The van der Waals surface area contributed by atoms with E-state index >= 15 is 0 Å². The number of hydrogen-bond donors (Lipinski definition) is 2. The van der Waals surface area contributed by atoms with Gasteiger partial charge in [0.25, 0.3) is 5.56 Å². The second kappa shape index (κ2) is 10.7. The quantitative estimate of drug-likeness (QED) is 0.583. The molecule has 1 amide bonds. The first-order valence-corrected chi connectivity index (χ1v) is 14.2. The van der Waals surface area contributed by atoms with Gasteiger partial charge in [-0.2, -0.15) is 0 Å². The molecule has 188 valence electrons. The number of halogens is 1. The van der Waals surface area contributed by atoms with Crippen molar-refractivity contribution >= 4 is 27.3 Å². The highest BCUT2D eigenvalue weighted by atomic mass is 35.5. The lowest BCUT2D eigenvalue weighted by molar-refractivity contribution is -0.124. The number of H-pyrrole nitrogens is 1. The number of hydrogen-bond acceptors (Lipinski definition) is 5. The fourth-order valence-electron chi connectivity index (χ4n) is 5.26. The van der Waals surface area contributed by atoms with Crippen molar-refractivity contribution in [2.45, 2.75) is 77.6 Å². The fraction of sp³-hybridized carbons (Fsp3) is 0.600. The summed E-state index contributed by atoms with van der Waals surface area (Å²) in [5.41, 5.74) is 3.90. The SMILES string of the molecule is CCN(C1=C(C)C(C(=O)NCc2c(C)cc(C)[nH]c2=O)CC(Cl)=C1)C1CCC(S(C)(=O)=O)CC1. The number of carbonyl (C=O) groups is 1. The van der Waals surface area contributed by atoms with Crippen molar-refractivity contribution in [3.05, 3.63) is 55.6 Å². The molecule has 0 saturated heterocycles. The molecule has 9 heteroatoms. The number of likely N-dealkylation sites (N-methyl/N-ethyl adjacent to an activating group) is 1. The van der Waals surface area contributed by atoms with E-state index in [4.69, 9.17) is 11.6 Å². The number of aromatic amines is 1. The Bertz CT molecular complexity index is 1160. The van der Waals surface area contributed by atoms with Crippen LogP contribution >= 0.6 is 11.6 Å². The summed E-state index contributed by atoms with van der Waals surface area (Å²) in [5, 5.41) is 3.29. The van der Waals surface area contributed by atoms with Gasteiger partial charge in [0.05, 0.1) is 11.2 Å². The summed E-state index contributed by atoms with van der Waals surface area (Å²) in [6.45, 7) is 8.64. The average molecular weight is 510 g/mol. The average Bonchev–Trinajstić information content (AvgIpc) is 2.75. The summed E-state index contributed by atoms with van der Waals surface area (Å²) in [7, 11) is -3.03. The van der Waals surface area contributed by atoms with E-state index in [0.29, 0.717) is 29.9 Å². The lowest BCUT2D eigenvalue weighted by atomic mass is 9.87. The van der Waals surface area contributed by atoms with Crippen LogP contribution in [-0.2, 0) is 21.2 Å². The molecule has 0 aliphatic heterocycles. The summed E-state index contributed by atoms with van der Waals surface area (Å²) in [5.74, 6) is -0.573. The van der Waals surface area contributed by atoms with E-state index in [1.807, 2.05) is 32.9 Å². The van der Waals surface area contributed by atoms with Crippen LogP contribution in [-0.4, -0.2) is 48.3 Å². The zero-order chi connectivity index (χ0) is 25.2. The first-order chi connectivity index (χ1) is 15.9. The van der Waals surface area contributed by atoms with E-state index in [2.05, 4.69) is 22.1 Å². The van der Waals surface area contributed by atoms with Gasteiger partial charge in [-0.25, -0.2) is 8.42 Å². The standard InChI is InChI=1S/C25H36ClN3O4S/c1-6-29(19-7-9-20(10-8-19)34(5,32)33)23-13-18(26)12-21(17(23)4)24(30)27-14-22-15(2)11-16(3)28-25(22)31/h11,13,19-21H,6-10,12,14H2,1-5H3,(H,27,30)(H,28,31). The van der Waals surface area contributed by atoms with Gasteiger partial charge in [0, 0.05) is 47.4 Å². The number of nitrogens with zero attached hydrogens (tertiary/aromatic N) is 1. The number of aryl methyl sites for hydroxylation is 2. The second-order valence-electron chi connectivity index (χ2n) is 9.62. The van der Waals surface area contributed by atoms with Gasteiger partial charge in [-0.3, -0.25) is 9.59 Å². The van der Waals surface area contributed by atoms with Gasteiger partial charge in [-0.1, -0.05) is 11.6 Å². The Morgan fingerprint density at radius 2 is 1.85 bits per heavy atom. The molecule has 2 N–H and O–H groups in total. The Morgan fingerprint density at radius 3 is 2.41 bits per heavy atom. The van der Waals surface area contributed by atoms with Crippen LogP contribution in [0.5, 0.6) is 0 Å². The van der Waals surface area contributed by atoms with Gasteiger partial charge in [-0.15, -0.1) is 0 Å². The number of amides is 1. The summed E-state index contributed by atoms with van der Waals surface area (Å²) in [4.78, 5) is 30.5. The Morgan fingerprint density at radius 1 is 1.21 bits per heavy atom. The van der Waals surface area contributed by atoms with Crippen molar-refractivity contribution in [3.8, 4) is 0 Å². The molecule has 7 nitrogen and oxygen atoms in total. The Labute approximate surface area is 207 Å². The van der Waals surface area contributed by atoms with E-state index in [9.17, 15) is 18.0 Å². The predicted octanol–water partition coefficient (Wildman–Crippen LogP) is 3.70. The van der Waals surface area contributed by atoms with Crippen LogP contribution in [0, 0.1) is 19.8 Å². The summed E-state index contributed by atoms with van der Waals surface area (Å²) in [6, 6.07) is 2.11. The molecule has 2 aliphatic carbocycles. The molecular weight excluding hydrogens is 474 g/mol. The number of pyridine rings is 1. The van der Waals surface area contributed by atoms with Crippen molar-refractivity contribution < 1.29 is 13.2 Å². The van der Waals surface area contributed by atoms with Gasteiger partial charge in [0.1, 0.15) is 9.84 Å². The van der Waals surface area contributed by atoms with Gasteiger partial charge in [0.15, 0.2) is 0 Å². The van der Waals surface area contributed by atoms with Crippen LogP contribution in [0.3, 0.4) is 0 Å². The molecule has 1 fully saturated rings. The van der Waals surface area contributed by atoms with Crippen molar-refractivity contribution in [1.29, 1.82) is 0 Å². The zero-order valence-corrected chi connectivity index (χ0v) is 22.3. The Kier molecular flexibility index (Phi) is 8.34. The smallest absolute Gasteiger partial charge is 0.253 e. The first-order valence-electron chi connectivity index (χ1n) is 11.9. The Balaban J connectivity index is 1.77. The second-order valence-corrected chi connectivity index (χ2v) is 12.4. The maximum absolute atomic E-state index is 13.2. The van der Waals surface area contributed by atoms with E-state index < -0.39 is 15.8 Å². The molecule has 1 heterocycles. The summed E-state index contributed by atoms with van der Waals surface area (Å²) < 4.78 is 23.9. The molecule has 34 heavy (non-hydrogen) atoms. The summed E-state index contributed by atoms with van der Waals surface area (Å²) >= 11 is 6.51.